The van der Waals surface area contributed by atoms with Crippen molar-refractivity contribution in [1.29, 1.82) is 0 Å². The smallest absolute Gasteiger partial charge is 0.264 e. The predicted octanol–water partition coefficient (Wildman–Crippen LogP) is 1.42. The monoisotopic (exact) mass is 489 g/mol. The third-order valence-electron chi connectivity index (χ3n) is 6.03. The molecule has 1 fully saturated rings. The Balaban J connectivity index is 1.28. The van der Waals surface area contributed by atoms with E-state index in [0.717, 1.165) is 36.3 Å². The van der Waals surface area contributed by atoms with Gasteiger partial charge < -0.3 is 30.6 Å². The van der Waals surface area contributed by atoms with E-state index in [0.29, 0.717) is 69.1 Å². The first-order chi connectivity index (χ1) is 16.5. The molecule has 0 spiro atoms. The van der Waals surface area contributed by atoms with E-state index in [1.807, 2.05) is 23.1 Å². The Morgan fingerprint density at radius 1 is 1.12 bits per heavy atom. The van der Waals surface area contributed by atoms with Gasteiger partial charge in [0.1, 0.15) is 11.6 Å². The van der Waals surface area contributed by atoms with Gasteiger partial charge in [0, 0.05) is 68.0 Å². The minimum atomic E-state index is -0.546. The van der Waals surface area contributed by atoms with Gasteiger partial charge in [-0.05, 0) is 29.8 Å². The molecule has 3 heterocycles. The zero-order valence-electron chi connectivity index (χ0n) is 19.2. The zero-order valence-corrected chi connectivity index (χ0v) is 20.0. The maximum atomic E-state index is 13.2. The number of pyridine rings is 1. The topological polar surface area (TPSA) is 116 Å². The largest absolute Gasteiger partial charge is 0.479 e. The number of nitrogens with two attached hydrogens (primary N) is 2. The zero-order chi connectivity index (χ0) is 23.9. The van der Waals surface area contributed by atoms with E-state index in [2.05, 4.69) is 9.88 Å². The summed E-state index contributed by atoms with van der Waals surface area (Å²) in [6, 6.07) is 7.35. The molecule has 0 saturated carbocycles. The van der Waals surface area contributed by atoms with Crippen LogP contribution in [-0.2, 0) is 20.7 Å². The normalized spacial score (nSPS) is 18.1. The molecule has 4 rings (SSSR count). The Labute approximate surface area is 204 Å². The second-order valence-electron chi connectivity index (χ2n) is 8.40. The third-order valence-corrected chi connectivity index (χ3v) is 6.25. The molecule has 0 bridgehead atoms. The van der Waals surface area contributed by atoms with Gasteiger partial charge >= 0.3 is 0 Å². The van der Waals surface area contributed by atoms with Crippen LogP contribution in [0.1, 0.15) is 5.56 Å². The summed E-state index contributed by atoms with van der Waals surface area (Å²) < 4.78 is 17.1. The molecule has 34 heavy (non-hydrogen) atoms. The molecule has 9 nitrogen and oxygen atoms in total. The van der Waals surface area contributed by atoms with Crippen LogP contribution >= 0.6 is 11.6 Å². The number of fused-ring (bicyclic) bond motifs is 1. The lowest BCUT2D eigenvalue weighted by molar-refractivity contribution is -0.139. The van der Waals surface area contributed by atoms with Gasteiger partial charge in [-0.15, -0.1) is 0 Å². The molecular weight excluding hydrogens is 458 g/mol. The lowest BCUT2D eigenvalue weighted by Gasteiger charge is -2.35. The number of nitrogen functional groups attached to an aromatic ring is 1. The molecule has 1 saturated heterocycles. The summed E-state index contributed by atoms with van der Waals surface area (Å²) in [4.78, 5) is 21.5. The van der Waals surface area contributed by atoms with Gasteiger partial charge in [0.05, 0.1) is 26.4 Å². The summed E-state index contributed by atoms with van der Waals surface area (Å²) in [5, 5.41) is 0.600. The summed E-state index contributed by atoms with van der Waals surface area (Å²) in [5.41, 5.74) is 13.9. The molecule has 184 valence electrons. The highest BCUT2D eigenvalue weighted by molar-refractivity contribution is 6.31. The van der Waals surface area contributed by atoms with Crippen molar-refractivity contribution in [3.63, 3.8) is 0 Å². The van der Waals surface area contributed by atoms with Crippen LogP contribution in [0.15, 0.2) is 30.5 Å². The van der Waals surface area contributed by atoms with Crippen LogP contribution in [0.3, 0.4) is 0 Å². The van der Waals surface area contributed by atoms with Crippen LogP contribution in [0.4, 0.5) is 5.82 Å². The second-order valence-corrected chi connectivity index (χ2v) is 8.84. The van der Waals surface area contributed by atoms with Gasteiger partial charge in [0.15, 0.2) is 6.10 Å². The maximum absolute atomic E-state index is 13.2. The number of anilines is 1. The average Bonchev–Trinajstić information content (AvgIpc) is 3.27. The van der Waals surface area contributed by atoms with E-state index in [-0.39, 0.29) is 5.91 Å². The van der Waals surface area contributed by atoms with Crippen LogP contribution in [-0.4, -0.2) is 92.5 Å². The van der Waals surface area contributed by atoms with Crippen molar-refractivity contribution >= 4 is 23.3 Å². The molecule has 1 aromatic carbocycles. The first kappa shape index (κ1) is 24.7. The van der Waals surface area contributed by atoms with Gasteiger partial charge in [0.25, 0.3) is 5.91 Å². The number of aromatic nitrogens is 1. The van der Waals surface area contributed by atoms with Gasteiger partial charge in [-0.2, -0.15) is 0 Å². The highest BCUT2D eigenvalue weighted by Crippen LogP contribution is 2.41. The number of benzene rings is 1. The Morgan fingerprint density at radius 2 is 1.88 bits per heavy atom. The molecule has 1 amide bonds. The van der Waals surface area contributed by atoms with Gasteiger partial charge in [-0.1, -0.05) is 11.6 Å². The van der Waals surface area contributed by atoms with Crippen molar-refractivity contribution in [2.24, 2.45) is 5.73 Å². The Kier molecular flexibility index (Phi) is 8.58. The summed E-state index contributed by atoms with van der Waals surface area (Å²) >= 11 is 6.37. The number of halogens is 1. The van der Waals surface area contributed by atoms with Crippen molar-refractivity contribution in [1.82, 2.24) is 14.8 Å². The Bertz CT molecular complexity index is 984. The number of piperazine rings is 1. The molecule has 0 aliphatic carbocycles. The fourth-order valence-corrected chi connectivity index (χ4v) is 4.53. The molecule has 0 radical (unpaired) electrons. The second kappa shape index (κ2) is 11.8. The van der Waals surface area contributed by atoms with Crippen molar-refractivity contribution in [2.45, 2.75) is 12.5 Å². The fraction of sp³-hybridized carbons (Fsp3) is 0.500. The number of ether oxygens (including phenoxy) is 3. The average molecular weight is 490 g/mol. The highest BCUT2D eigenvalue weighted by Gasteiger charge is 2.35. The minimum absolute atomic E-state index is 0.0143. The highest BCUT2D eigenvalue weighted by atomic mass is 35.5. The first-order valence-electron chi connectivity index (χ1n) is 11.6. The van der Waals surface area contributed by atoms with Gasteiger partial charge in [0.2, 0.25) is 0 Å². The number of carbonyl (C=O) groups excluding carboxylic acids is 1. The predicted molar refractivity (Wildman–Crippen MR) is 131 cm³/mol. The van der Waals surface area contributed by atoms with E-state index >= 15 is 0 Å². The summed E-state index contributed by atoms with van der Waals surface area (Å²) in [7, 11) is 0. The first-order valence-corrected chi connectivity index (χ1v) is 12.0. The molecule has 2 aliphatic rings. The standard InChI is InChI=1S/C24H32ClN5O4/c25-19-13-18-14-21(34-23(18)20(16-19)17-1-3-28-22(27)15-17)24(31)30-6-4-29(5-7-30)8-10-33-12-11-32-9-2-26/h1,3,13,15-16,21H,2,4-12,14,26H2,(H2,27,28)/t21-/m1/s1. The van der Waals surface area contributed by atoms with Crippen molar-refractivity contribution in [3.8, 4) is 16.9 Å². The number of hydrogen-bond acceptors (Lipinski definition) is 8. The number of carbonyl (C=O) groups is 1. The van der Waals surface area contributed by atoms with E-state index in [9.17, 15) is 4.79 Å². The third kappa shape index (κ3) is 6.17. The quantitative estimate of drug-likeness (QED) is 0.481. The number of hydrogen-bond donors (Lipinski definition) is 2. The maximum Gasteiger partial charge on any atom is 0.264 e. The van der Waals surface area contributed by atoms with Crippen molar-refractivity contribution in [2.75, 3.05) is 71.4 Å². The van der Waals surface area contributed by atoms with E-state index in [1.165, 1.54) is 0 Å². The Morgan fingerprint density at radius 3 is 2.62 bits per heavy atom. The molecule has 1 atom stereocenters. The molecule has 10 heteroatoms. The molecule has 0 unspecified atom stereocenters. The fourth-order valence-electron chi connectivity index (χ4n) is 4.29. The molecular formula is C24H32ClN5O4. The molecule has 2 aliphatic heterocycles. The lowest BCUT2D eigenvalue weighted by atomic mass is 10.0. The summed E-state index contributed by atoms with van der Waals surface area (Å²) in [6.45, 7) is 6.65. The lowest BCUT2D eigenvalue weighted by Crippen LogP contribution is -2.52. The van der Waals surface area contributed by atoms with Crippen LogP contribution in [0.5, 0.6) is 5.75 Å². The van der Waals surface area contributed by atoms with Crippen molar-refractivity contribution < 1.29 is 19.0 Å². The van der Waals surface area contributed by atoms with E-state index < -0.39 is 6.10 Å². The minimum Gasteiger partial charge on any atom is -0.479 e. The number of nitrogens with zero attached hydrogens (tertiary/aromatic N) is 3. The van der Waals surface area contributed by atoms with Crippen molar-refractivity contribution in [3.05, 3.63) is 41.0 Å². The number of amides is 1. The summed E-state index contributed by atoms with van der Waals surface area (Å²) in [5.74, 6) is 1.13. The van der Waals surface area contributed by atoms with Gasteiger partial charge in [-0.3, -0.25) is 9.69 Å². The molecule has 2 aromatic rings. The van der Waals surface area contributed by atoms with E-state index in [1.54, 1.807) is 12.3 Å². The number of rotatable bonds is 10. The van der Waals surface area contributed by atoms with Crippen LogP contribution < -0.4 is 16.2 Å². The van der Waals surface area contributed by atoms with Crippen LogP contribution in [0, 0.1) is 0 Å². The van der Waals surface area contributed by atoms with Gasteiger partial charge in [-0.25, -0.2) is 4.98 Å². The SMILES string of the molecule is NCCOCCOCCN1CCN(C(=O)[C@H]2Cc3cc(Cl)cc(-c4ccnc(N)c4)c3O2)CC1. The van der Waals surface area contributed by atoms with Crippen LogP contribution in [0.2, 0.25) is 5.02 Å². The Hall–Kier alpha value is -2.43. The summed E-state index contributed by atoms with van der Waals surface area (Å²) in [6.07, 6.45) is 1.60. The van der Waals surface area contributed by atoms with Crippen LogP contribution in [0.25, 0.3) is 11.1 Å². The molecule has 1 aromatic heterocycles. The van der Waals surface area contributed by atoms with E-state index in [4.69, 9.17) is 37.3 Å². The molecule has 4 N–H and O–H groups in total.